The third kappa shape index (κ3) is 5.89. The van der Waals surface area contributed by atoms with Crippen LogP contribution in [0.5, 0.6) is 0 Å². The number of para-hydroxylation sites is 1. The molecule has 0 saturated heterocycles. The van der Waals surface area contributed by atoms with Gasteiger partial charge in [0, 0.05) is 10.9 Å². The van der Waals surface area contributed by atoms with Crippen LogP contribution in [0.15, 0.2) is 70.7 Å². The number of thiazole rings is 1. The van der Waals surface area contributed by atoms with Crippen LogP contribution < -0.4 is 10.6 Å². The fraction of sp³-hybridized carbons (Fsp3) is 0.0833. The van der Waals surface area contributed by atoms with E-state index < -0.39 is 23.9 Å². The van der Waals surface area contributed by atoms with Crippen molar-refractivity contribution in [1.29, 1.82) is 0 Å². The maximum Gasteiger partial charge on any atom is 0.341 e. The molecule has 0 unspecified atom stereocenters. The van der Waals surface area contributed by atoms with Crippen molar-refractivity contribution in [2.45, 2.75) is 13.0 Å². The molecule has 2 amide bonds. The second-order valence-electron chi connectivity index (χ2n) is 7.18. The normalized spacial score (nSPS) is 11.5. The topological polar surface area (TPSA) is 111 Å². The molecule has 2 N–H and O–H groups in total. The number of rotatable bonds is 7. The second kappa shape index (κ2) is 10.7. The summed E-state index contributed by atoms with van der Waals surface area (Å²) in [5.41, 5.74) is 1.65. The molecular formula is C24H17Cl2N3O5S. The maximum absolute atomic E-state index is 12.7. The average molecular weight is 530 g/mol. The summed E-state index contributed by atoms with van der Waals surface area (Å²) >= 11 is 13.2. The highest BCUT2D eigenvalue weighted by Crippen LogP contribution is 2.30. The van der Waals surface area contributed by atoms with E-state index in [9.17, 15) is 14.4 Å². The maximum atomic E-state index is 12.7. The number of nitrogens with one attached hydrogen (secondary N) is 2. The van der Waals surface area contributed by atoms with Crippen LogP contribution in [0.4, 0.5) is 10.8 Å². The summed E-state index contributed by atoms with van der Waals surface area (Å²) < 4.78 is 10.4. The predicted molar refractivity (Wildman–Crippen MR) is 134 cm³/mol. The van der Waals surface area contributed by atoms with Gasteiger partial charge in [0.1, 0.15) is 0 Å². The highest BCUT2D eigenvalue weighted by Gasteiger charge is 2.23. The van der Waals surface area contributed by atoms with Crippen molar-refractivity contribution in [2.24, 2.45) is 0 Å². The number of hydrogen-bond acceptors (Lipinski definition) is 7. The molecule has 0 saturated carbocycles. The number of benzene rings is 2. The van der Waals surface area contributed by atoms with E-state index in [1.165, 1.54) is 36.7 Å². The minimum atomic E-state index is -1.13. The molecule has 2 aromatic heterocycles. The number of halogens is 2. The van der Waals surface area contributed by atoms with Gasteiger partial charge in [-0.3, -0.25) is 14.9 Å². The molecular weight excluding hydrogens is 513 g/mol. The first-order chi connectivity index (χ1) is 16.8. The summed E-state index contributed by atoms with van der Waals surface area (Å²) in [5, 5.41) is 8.13. The van der Waals surface area contributed by atoms with Gasteiger partial charge < -0.3 is 14.5 Å². The highest BCUT2D eigenvalue weighted by molar-refractivity contribution is 7.14. The molecule has 11 heteroatoms. The zero-order valence-electron chi connectivity index (χ0n) is 18.1. The highest BCUT2D eigenvalue weighted by atomic mass is 35.5. The van der Waals surface area contributed by atoms with Crippen LogP contribution in [0.25, 0.3) is 11.3 Å². The Labute approximate surface area is 213 Å². The minimum Gasteiger partial charge on any atom is -0.459 e. The molecule has 0 radical (unpaired) electrons. The summed E-state index contributed by atoms with van der Waals surface area (Å²) in [4.78, 5) is 42.0. The number of anilines is 2. The number of carbonyl (C=O) groups excluding carboxylic acids is 3. The van der Waals surface area contributed by atoms with E-state index in [-0.39, 0.29) is 17.0 Å². The van der Waals surface area contributed by atoms with E-state index in [2.05, 4.69) is 15.6 Å². The van der Waals surface area contributed by atoms with Crippen molar-refractivity contribution >= 4 is 63.1 Å². The van der Waals surface area contributed by atoms with Crippen molar-refractivity contribution < 1.29 is 23.5 Å². The van der Waals surface area contributed by atoms with Crippen LogP contribution >= 0.6 is 34.5 Å². The molecule has 1 atom stereocenters. The standard InChI is InChI=1S/C24H17Cl2N3O5S/c1-13(21(30)29-24-28-19(12-35-24)14-8-9-16(25)17(26)11-14)34-23(32)15-5-2-3-6-18(15)27-22(31)20-7-4-10-33-20/h2-13H,1H3,(H,27,31)(H,28,29,30)/t13-/m1/s1. The number of hydrogen-bond donors (Lipinski definition) is 2. The first-order valence-corrected chi connectivity index (χ1v) is 11.8. The Bertz CT molecular complexity index is 1390. The Hall–Kier alpha value is -3.66. The summed E-state index contributed by atoms with van der Waals surface area (Å²) in [5.74, 6) is -1.78. The molecule has 4 aromatic rings. The summed E-state index contributed by atoms with van der Waals surface area (Å²) in [6.07, 6.45) is 0.236. The molecule has 2 heterocycles. The molecule has 0 bridgehead atoms. The van der Waals surface area contributed by atoms with E-state index >= 15 is 0 Å². The summed E-state index contributed by atoms with van der Waals surface area (Å²) in [7, 11) is 0. The molecule has 8 nitrogen and oxygen atoms in total. The molecule has 178 valence electrons. The van der Waals surface area contributed by atoms with Crippen molar-refractivity contribution in [3.05, 3.63) is 87.6 Å². The van der Waals surface area contributed by atoms with Crippen LogP contribution in [-0.2, 0) is 9.53 Å². The number of aromatic nitrogens is 1. The lowest BCUT2D eigenvalue weighted by Gasteiger charge is -2.14. The van der Waals surface area contributed by atoms with Crippen LogP contribution in [0.2, 0.25) is 10.0 Å². The van der Waals surface area contributed by atoms with E-state index in [1.54, 1.807) is 47.8 Å². The van der Waals surface area contributed by atoms with Gasteiger partial charge in [-0.05, 0) is 43.3 Å². The Morgan fingerprint density at radius 3 is 2.57 bits per heavy atom. The molecule has 0 aliphatic heterocycles. The third-order valence-corrected chi connectivity index (χ3v) is 6.24. The molecule has 0 fully saturated rings. The fourth-order valence-electron chi connectivity index (χ4n) is 2.97. The van der Waals surface area contributed by atoms with Gasteiger partial charge in [-0.25, -0.2) is 9.78 Å². The smallest absolute Gasteiger partial charge is 0.341 e. The lowest BCUT2D eigenvalue weighted by atomic mass is 10.1. The zero-order valence-corrected chi connectivity index (χ0v) is 20.4. The number of amides is 2. The Morgan fingerprint density at radius 2 is 1.83 bits per heavy atom. The lowest BCUT2D eigenvalue weighted by Crippen LogP contribution is -2.30. The Balaban J connectivity index is 1.39. The quantitative estimate of drug-likeness (QED) is 0.278. The molecule has 0 spiro atoms. The summed E-state index contributed by atoms with van der Waals surface area (Å²) in [6.45, 7) is 1.44. The van der Waals surface area contributed by atoms with Crippen molar-refractivity contribution in [3.63, 3.8) is 0 Å². The SMILES string of the molecule is C[C@@H](OC(=O)c1ccccc1NC(=O)c1ccco1)C(=O)Nc1nc(-c2ccc(Cl)c(Cl)c2)cs1. The van der Waals surface area contributed by atoms with Gasteiger partial charge in [0.2, 0.25) is 0 Å². The van der Waals surface area contributed by atoms with E-state index in [0.717, 1.165) is 5.56 Å². The molecule has 2 aromatic carbocycles. The average Bonchev–Trinajstić information content (AvgIpc) is 3.54. The van der Waals surface area contributed by atoms with Crippen LogP contribution in [0.3, 0.4) is 0 Å². The van der Waals surface area contributed by atoms with Crippen molar-refractivity contribution in [3.8, 4) is 11.3 Å². The summed E-state index contributed by atoms with van der Waals surface area (Å²) in [6, 6.07) is 14.5. The minimum absolute atomic E-state index is 0.0863. The van der Waals surface area contributed by atoms with Crippen LogP contribution in [0, 0.1) is 0 Å². The number of esters is 1. The number of nitrogens with zero attached hydrogens (tertiary/aromatic N) is 1. The van der Waals surface area contributed by atoms with Gasteiger partial charge in [-0.1, -0.05) is 41.4 Å². The van der Waals surface area contributed by atoms with Gasteiger partial charge in [0.15, 0.2) is 17.0 Å². The van der Waals surface area contributed by atoms with E-state index in [4.69, 9.17) is 32.4 Å². The first-order valence-electron chi connectivity index (χ1n) is 10.2. The van der Waals surface area contributed by atoms with Crippen molar-refractivity contribution in [2.75, 3.05) is 10.6 Å². The van der Waals surface area contributed by atoms with E-state index in [1.807, 2.05) is 0 Å². The molecule has 0 aliphatic carbocycles. The zero-order chi connectivity index (χ0) is 24.9. The van der Waals surface area contributed by atoms with Crippen LogP contribution in [-0.4, -0.2) is 28.9 Å². The number of carbonyl (C=O) groups is 3. The molecule has 4 rings (SSSR count). The Morgan fingerprint density at radius 1 is 1.03 bits per heavy atom. The largest absolute Gasteiger partial charge is 0.459 e. The first kappa shape index (κ1) is 24.5. The lowest BCUT2D eigenvalue weighted by molar-refractivity contribution is -0.123. The number of furan rings is 1. The second-order valence-corrected chi connectivity index (χ2v) is 8.85. The fourth-order valence-corrected chi connectivity index (χ4v) is 3.99. The van der Waals surface area contributed by atoms with Crippen molar-refractivity contribution in [1.82, 2.24) is 4.98 Å². The molecule has 35 heavy (non-hydrogen) atoms. The Kier molecular flexibility index (Phi) is 7.50. The van der Waals surface area contributed by atoms with Gasteiger partial charge in [0.05, 0.1) is 33.3 Å². The van der Waals surface area contributed by atoms with Gasteiger partial charge in [-0.2, -0.15) is 0 Å². The predicted octanol–water partition coefficient (Wildman–Crippen LogP) is 6.15. The van der Waals surface area contributed by atoms with Crippen LogP contribution in [0.1, 0.15) is 27.8 Å². The van der Waals surface area contributed by atoms with Gasteiger partial charge >= 0.3 is 5.97 Å². The number of ether oxygens (including phenoxy) is 1. The third-order valence-electron chi connectivity index (χ3n) is 4.74. The molecule has 0 aliphatic rings. The van der Waals surface area contributed by atoms with E-state index in [0.29, 0.717) is 20.9 Å². The van der Waals surface area contributed by atoms with Gasteiger partial charge in [-0.15, -0.1) is 11.3 Å². The monoisotopic (exact) mass is 529 g/mol. The van der Waals surface area contributed by atoms with Gasteiger partial charge in [0.25, 0.3) is 11.8 Å².